The highest BCUT2D eigenvalue weighted by Crippen LogP contribution is 2.20. The average Bonchev–Trinajstić information content (AvgIpc) is 2.31. The van der Waals surface area contributed by atoms with Crippen LogP contribution >= 0.6 is 0 Å². The van der Waals surface area contributed by atoms with E-state index in [1.165, 1.54) is 6.07 Å². The van der Waals surface area contributed by atoms with Gasteiger partial charge in [0.2, 0.25) is 5.91 Å². The summed E-state index contributed by atoms with van der Waals surface area (Å²) in [6.07, 6.45) is 0.587. The molecule has 1 amide bonds. The summed E-state index contributed by atoms with van der Waals surface area (Å²) in [6, 6.07) is 4.48. The summed E-state index contributed by atoms with van der Waals surface area (Å²) in [7, 11) is 0. The molecule has 6 nitrogen and oxygen atoms in total. The van der Waals surface area contributed by atoms with Gasteiger partial charge in [-0.3, -0.25) is 14.9 Å². The zero-order valence-corrected chi connectivity index (χ0v) is 10.5. The Hall–Kier alpha value is -1.95. The van der Waals surface area contributed by atoms with Gasteiger partial charge < -0.3 is 11.1 Å². The fourth-order valence-corrected chi connectivity index (χ4v) is 1.74. The van der Waals surface area contributed by atoms with Crippen molar-refractivity contribution in [1.82, 2.24) is 5.32 Å². The van der Waals surface area contributed by atoms with Crippen LogP contribution in [0.1, 0.15) is 24.5 Å². The minimum absolute atomic E-state index is 0.0847. The van der Waals surface area contributed by atoms with Gasteiger partial charge in [0, 0.05) is 18.2 Å². The summed E-state index contributed by atoms with van der Waals surface area (Å²) in [4.78, 5) is 21.4. The first-order chi connectivity index (χ1) is 8.47. The number of rotatable bonds is 6. The highest BCUT2D eigenvalue weighted by Gasteiger charge is 2.15. The van der Waals surface area contributed by atoms with Crippen LogP contribution in [0.3, 0.4) is 0 Å². The Labute approximate surface area is 105 Å². The predicted octanol–water partition coefficient (Wildman–Crippen LogP) is 1.26. The molecule has 1 rings (SSSR count). The van der Waals surface area contributed by atoms with Gasteiger partial charge in [0.25, 0.3) is 5.69 Å². The minimum atomic E-state index is -0.416. The molecular weight excluding hydrogens is 234 g/mol. The van der Waals surface area contributed by atoms with Crippen molar-refractivity contribution in [3.8, 4) is 0 Å². The molecule has 6 heteroatoms. The first-order valence-corrected chi connectivity index (χ1v) is 5.73. The molecule has 0 spiro atoms. The molecule has 0 saturated carbocycles. The van der Waals surface area contributed by atoms with E-state index in [4.69, 9.17) is 5.73 Å². The molecule has 98 valence electrons. The maximum Gasteiger partial charge on any atom is 0.272 e. The van der Waals surface area contributed by atoms with E-state index in [0.29, 0.717) is 18.5 Å². The molecule has 1 atom stereocenters. The molecular formula is C12H17N3O3. The zero-order valence-electron chi connectivity index (χ0n) is 10.5. The lowest BCUT2D eigenvalue weighted by atomic mass is 10.1. The molecule has 0 bridgehead atoms. The summed E-state index contributed by atoms with van der Waals surface area (Å²) in [6.45, 7) is 3.93. The van der Waals surface area contributed by atoms with Gasteiger partial charge in [-0.1, -0.05) is 19.1 Å². The second kappa shape index (κ2) is 6.11. The molecule has 0 aliphatic heterocycles. The van der Waals surface area contributed by atoms with Crippen LogP contribution in [0.2, 0.25) is 0 Å². The summed E-state index contributed by atoms with van der Waals surface area (Å²) in [5.41, 5.74) is 6.70. The number of benzene rings is 1. The Morgan fingerprint density at radius 1 is 1.56 bits per heavy atom. The van der Waals surface area contributed by atoms with Crippen LogP contribution in [0.4, 0.5) is 5.69 Å². The van der Waals surface area contributed by atoms with Crippen molar-refractivity contribution in [1.29, 1.82) is 0 Å². The number of carbonyl (C=O) groups is 1. The Kier molecular flexibility index (Phi) is 4.79. The van der Waals surface area contributed by atoms with Gasteiger partial charge in [-0.2, -0.15) is 0 Å². The topological polar surface area (TPSA) is 98.3 Å². The predicted molar refractivity (Wildman–Crippen MR) is 67.9 cm³/mol. The monoisotopic (exact) mass is 251 g/mol. The fraction of sp³-hybridized carbons (Fsp3) is 0.417. The van der Waals surface area contributed by atoms with Gasteiger partial charge >= 0.3 is 0 Å². The van der Waals surface area contributed by atoms with Gasteiger partial charge in [0.05, 0.1) is 11.0 Å². The standard InChI is InChI=1S/C12H17N3O3/c1-3-10(12(13)16)14-7-9-5-4-6-11(8(9)2)15(17)18/h4-6,10,14H,3,7H2,1-2H3,(H2,13,16). The Morgan fingerprint density at radius 2 is 2.22 bits per heavy atom. The van der Waals surface area contributed by atoms with Crippen LogP contribution < -0.4 is 11.1 Å². The average molecular weight is 251 g/mol. The van der Waals surface area contributed by atoms with Gasteiger partial charge in [0.15, 0.2) is 0 Å². The number of hydrogen-bond donors (Lipinski definition) is 2. The third-order valence-electron chi connectivity index (χ3n) is 2.90. The Morgan fingerprint density at radius 3 is 2.72 bits per heavy atom. The van der Waals surface area contributed by atoms with Crippen LogP contribution in [-0.4, -0.2) is 16.9 Å². The molecule has 0 fully saturated rings. The Bertz CT molecular complexity index is 460. The fourth-order valence-electron chi connectivity index (χ4n) is 1.74. The molecule has 1 aromatic carbocycles. The lowest BCUT2D eigenvalue weighted by Gasteiger charge is -2.14. The number of hydrogen-bond acceptors (Lipinski definition) is 4. The molecule has 0 aliphatic rings. The van der Waals surface area contributed by atoms with Gasteiger partial charge in [-0.25, -0.2) is 0 Å². The van der Waals surface area contributed by atoms with Crippen LogP contribution in [0.5, 0.6) is 0 Å². The Balaban J connectivity index is 2.82. The van der Waals surface area contributed by atoms with Crippen molar-refractivity contribution in [3.05, 3.63) is 39.4 Å². The minimum Gasteiger partial charge on any atom is -0.368 e. The normalized spacial score (nSPS) is 12.1. The van der Waals surface area contributed by atoms with Gasteiger partial charge in [-0.15, -0.1) is 0 Å². The lowest BCUT2D eigenvalue weighted by molar-refractivity contribution is -0.385. The van der Waals surface area contributed by atoms with Gasteiger partial charge in [0.1, 0.15) is 0 Å². The van der Waals surface area contributed by atoms with Crippen molar-refractivity contribution >= 4 is 11.6 Å². The first kappa shape index (κ1) is 14.1. The maximum atomic E-state index is 11.1. The number of primary amides is 1. The van der Waals surface area contributed by atoms with E-state index in [1.54, 1.807) is 19.1 Å². The number of nitro benzene ring substituents is 1. The molecule has 0 radical (unpaired) electrons. The second-order valence-electron chi connectivity index (χ2n) is 4.06. The number of nitrogens with zero attached hydrogens (tertiary/aromatic N) is 1. The number of nitro groups is 1. The number of nitrogens with one attached hydrogen (secondary N) is 1. The molecule has 0 aliphatic carbocycles. The first-order valence-electron chi connectivity index (χ1n) is 5.73. The molecule has 18 heavy (non-hydrogen) atoms. The molecule has 3 N–H and O–H groups in total. The van der Waals surface area contributed by atoms with E-state index in [2.05, 4.69) is 5.32 Å². The highest BCUT2D eigenvalue weighted by atomic mass is 16.6. The molecule has 1 unspecified atom stereocenters. The second-order valence-corrected chi connectivity index (χ2v) is 4.06. The summed E-state index contributed by atoms with van der Waals surface area (Å²) >= 11 is 0. The van der Waals surface area contributed by atoms with Crippen LogP contribution in [0, 0.1) is 17.0 Å². The van der Waals surface area contributed by atoms with Crippen molar-refractivity contribution in [2.24, 2.45) is 5.73 Å². The maximum absolute atomic E-state index is 11.1. The number of nitrogens with two attached hydrogens (primary N) is 1. The highest BCUT2D eigenvalue weighted by molar-refractivity contribution is 5.79. The third-order valence-corrected chi connectivity index (χ3v) is 2.90. The number of carbonyl (C=O) groups excluding carboxylic acids is 1. The summed E-state index contributed by atoms with van der Waals surface area (Å²) in [5.74, 6) is -0.416. The van der Waals surface area contributed by atoms with E-state index in [-0.39, 0.29) is 5.69 Å². The molecule has 0 heterocycles. The van der Waals surface area contributed by atoms with Crippen LogP contribution in [0.25, 0.3) is 0 Å². The largest absolute Gasteiger partial charge is 0.368 e. The van der Waals surface area contributed by atoms with E-state index < -0.39 is 16.9 Å². The van der Waals surface area contributed by atoms with Gasteiger partial charge in [-0.05, 0) is 18.9 Å². The van der Waals surface area contributed by atoms with Crippen molar-refractivity contribution < 1.29 is 9.72 Å². The molecule has 1 aromatic rings. The van der Waals surface area contributed by atoms with E-state index in [0.717, 1.165) is 5.56 Å². The SMILES string of the molecule is CCC(NCc1cccc([N+](=O)[O-])c1C)C(N)=O. The quantitative estimate of drug-likeness (QED) is 0.587. The molecule has 0 saturated heterocycles. The van der Waals surface area contributed by atoms with Crippen molar-refractivity contribution in [2.45, 2.75) is 32.9 Å². The van der Waals surface area contributed by atoms with E-state index >= 15 is 0 Å². The van der Waals surface area contributed by atoms with E-state index in [9.17, 15) is 14.9 Å². The molecule has 0 aromatic heterocycles. The zero-order chi connectivity index (χ0) is 13.7. The van der Waals surface area contributed by atoms with Crippen LogP contribution in [-0.2, 0) is 11.3 Å². The number of amides is 1. The van der Waals surface area contributed by atoms with Crippen molar-refractivity contribution in [3.63, 3.8) is 0 Å². The third kappa shape index (κ3) is 3.27. The summed E-state index contributed by atoms with van der Waals surface area (Å²) < 4.78 is 0. The van der Waals surface area contributed by atoms with Crippen molar-refractivity contribution in [2.75, 3.05) is 0 Å². The lowest BCUT2D eigenvalue weighted by Crippen LogP contribution is -2.40. The summed E-state index contributed by atoms with van der Waals surface area (Å²) in [5, 5.41) is 13.8. The van der Waals surface area contributed by atoms with Crippen LogP contribution in [0.15, 0.2) is 18.2 Å². The van der Waals surface area contributed by atoms with E-state index in [1.807, 2.05) is 6.92 Å². The smallest absolute Gasteiger partial charge is 0.272 e.